The summed E-state index contributed by atoms with van der Waals surface area (Å²) >= 11 is 0. The maximum Gasteiger partial charge on any atom is 0.257 e. The third-order valence-corrected chi connectivity index (χ3v) is 4.96. The first-order valence-corrected chi connectivity index (χ1v) is 9.35. The van der Waals surface area contributed by atoms with E-state index >= 15 is 0 Å². The Morgan fingerprint density at radius 3 is 2.85 bits per heavy atom. The van der Waals surface area contributed by atoms with Crippen molar-refractivity contribution >= 4 is 5.91 Å². The van der Waals surface area contributed by atoms with Crippen molar-refractivity contribution < 1.29 is 9.32 Å². The summed E-state index contributed by atoms with van der Waals surface area (Å²) in [5.41, 5.74) is 2.29. The van der Waals surface area contributed by atoms with Crippen molar-refractivity contribution in [1.29, 1.82) is 0 Å². The normalized spacial score (nSPS) is 17.4. The SMILES string of the molecule is CC(C)c1noc([C@@H]2CCCN(C(=O)c3cn[nH]c3-c3ccccc3)C2)n1. The van der Waals surface area contributed by atoms with E-state index in [1.165, 1.54) is 0 Å². The van der Waals surface area contributed by atoms with Crippen molar-refractivity contribution in [3.63, 3.8) is 0 Å². The number of amides is 1. The molecule has 2 aromatic heterocycles. The quantitative estimate of drug-likeness (QED) is 0.763. The van der Waals surface area contributed by atoms with Gasteiger partial charge in [0.25, 0.3) is 5.91 Å². The number of hydrogen-bond acceptors (Lipinski definition) is 5. The van der Waals surface area contributed by atoms with Crippen LogP contribution in [0.15, 0.2) is 41.1 Å². The lowest BCUT2D eigenvalue weighted by Gasteiger charge is -2.31. The van der Waals surface area contributed by atoms with E-state index in [-0.39, 0.29) is 17.7 Å². The summed E-state index contributed by atoms with van der Waals surface area (Å²) in [5, 5.41) is 11.1. The molecule has 1 aliphatic rings. The average molecular weight is 365 g/mol. The topological polar surface area (TPSA) is 87.9 Å². The van der Waals surface area contributed by atoms with Gasteiger partial charge < -0.3 is 9.42 Å². The van der Waals surface area contributed by atoms with Gasteiger partial charge >= 0.3 is 0 Å². The molecule has 1 aliphatic heterocycles. The van der Waals surface area contributed by atoms with Crippen LogP contribution in [0.25, 0.3) is 11.3 Å². The fourth-order valence-corrected chi connectivity index (χ4v) is 3.45. The minimum Gasteiger partial charge on any atom is -0.339 e. The van der Waals surface area contributed by atoms with Gasteiger partial charge in [-0.15, -0.1) is 0 Å². The lowest BCUT2D eigenvalue weighted by atomic mass is 9.97. The second kappa shape index (κ2) is 7.34. The monoisotopic (exact) mass is 365 g/mol. The lowest BCUT2D eigenvalue weighted by Crippen LogP contribution is -2.39. The predicted octanol–water partition coefficient (Wildman–Crippen LogP) is 3.60. The zero-order valence-electron chi connectivity index (χ0n) is 15.6. The molecule has 7 heteroatoms. The maximum atomic E-state index is 13.1. The van der Waals surface area contributed by atoms with Crippen LogP contribution in [-0.4, -0.2) is 44.2 Å². The molecule has 0 spiro atoms. The molecule has 0 saturated carbocycles. The summed E-state index contributed by atoms with van der Waals surface area (Å²) < 4.78 is 5.46. The van der Waals surface area contributed by atoms with Gasteiger partial charge in [0.05, 0.1) is 23.4 Å². The van der Waals surface area contributed by atoms with Gasteiger partial charge in [0.1, 0.15) is 0 Å². The molecule has 0 unspecified atom stereocenters. The Balaban J connectivity index is 1.54. The van der Waals surface area contributed by atoms with E-state index in [0.29, 0.717) is 18.0 Å². The first-order valence-electron chi connectivity index (χ1n) is 9.35. The van der Waals surface area contributed by atoms with E-state index in [1.54, 1.807) is 6.20 Å². The molecule has 1 amide bonds. The molecule has 4 rings (SSSR count). The number of aromatic amines is 1. The maximum absolute atomic E-state index is 13.1. The van der Waals surface area contributed by atoms with Gasteiger partial charge in [-0.3, -0.25) is 9.89 Å². The third kappa shape index (κ3) is 3.49. The summed E-state index contributed by atoms with van der Waals surface area (Å²) in [6.45, 7) is 5.38. The smallest absolute Gasteiger partial charge is 0.257 e. The summed E-state index contributed by atoms with van der Waals surface area (Å²) in [4.78, 5) is 19.5. The number of carbonyl (C=O) groups is 1. The van der Waals surface area contributed by atoms with Gasteiger partial charge in [-0.25, -0.2) is 0 Å². The molecule has 1 N–H and O–H groups in total. The Labute approximate surface area is 157 Å². The molecular formula is C20H23N5O2. The highest BCUT2D eigenvalue weighted by Crippen LogP contribution is 2.29. The molecule has 27 heavy (non-hydrogen) atoms. The molecule has 1 saturated heterocycles. The van der Waals surface area contributed by atoms with Gasteiger partial charge in [0, 0.05) is 24.6 Å². The molecule has 3 heterocycles. The summed E-state index contributed by atoms with van der Waals surface area (Å²) in [6.07, 6.45) is 3.46. The molecule has 1 fully saturated rings. The van der Waals surface area contributed by atoms with E-state index in [1.807, 2.05) is 49.1 Å². The number of hydrogen-bond donors (Lipinski definition) is 1. The largest absolute Gasteiger partial charge is 0.339 e. The van der Waals surface area contributed by atoms with E-state index < -0.39 is 0 Å². The molecule has 1 aromatic carbocycles. The Morgan fingerprint density at radius 2 is 2.11 bits per heavy atom. The van der Waals surface area contributed by atoms with Crippen LogP contribution in [0, 0.1) is 0 Å². The van der Waals surface area contributed by atoms with Gasteiger partial charge in [-0.05, 0) is 12.8 Å². The van der Waals surface area contributed by atoms with Crippen LogP contribution in [-0.2, 0) is 0 Å². The first kappa shape index (κ1) is 17.5. The number of H-pyrrole nitrogens is 1. The van der Waals surface area contributed by atoms with Crippen molar-refractivity contribution in [3.8, 4) is 11.3 Å². The molecule has 0 bridgehead atoms. The van der Waals surface area contributed by atoms with E-state index in [9.17, 15) is 4.79 Å². The van der Waals surface area contributed by atoms with Crippen molar-refractivity contribution in [2.24, 2.45) is 0 Å². The summed E-state index contributed by atoms with van der Waals surface area (Å²) in [7, 11) is 0. The van der Waals surface area contributed by atoms with Crippen molar-refractivity contribution in [2.75, 3.05) is 13.1 Å². The van der Waals surface area contributed by atoms with Crippen molar-refractivity contribution in [3.05, 3.63) is 53.8 Å². The van der Waals surface area contributed by atoms with Gasteiger partial charge in [-0.2, -0.15) is 10.1 Å². The highest BCUT2D eigenvalue weighted by molar-refractivity contribution is 5.99. The fourth-order valence-electron chi connectivity index (χ4n) is 3.45. The molecule has 0 aliphatic carbocycles. The van der Waals surface area contributed by atoms with Crippen LogP contribution in [0.4, 0.5) is 0 Å². The van der Waals surface area contributed by atoms with Crippen molar-refractivity contribution in [1.82, 2.24) is 25.2 Å². The van der Waals surface area contributed by atoms with Gasteiger partial charge in [0.15, 0.2) is 5.82 Å². The zero-order chi connectivity index (χ0) is 18.8. The van der Waals surface area contributed by atoms with Crippen LogP contribution < -0.4 is 0 Å². The minimum atomic E-state index is -0.0177. The van der Waals surface area contributed by atoms with Crippen LogP contribution >= 0.6 is 0 Å². The van der Waals surface area contributed by atoms with Gasteiger partial charge in [-0.1, -0.05) is 49.3 Å². The molecular weight excluding hydrogens is 342 g/mol. The molecule has 3 aromatic rings. The average Bonchev–Trinajstić information content (AvgIpc) is 3.38. The van der Waals surface area contributed by atoms with Crippen LogP contribution in [0.2, 0.25) is 0 Å². The zero-order valence-corrected chi connectivity index (χ0v) is 15.6. The number of nitrogens with zero attached hydrogens (tertiary/aromatic N) is 4. The van der Waals surface area contributed by atoms with Crippen LogP contribution in [0.5, 0.6) is 0 Å². The van der Waals surface area contributed by atoms with Crippen LogP contribution in [0.1, 0.15) is 60.6 Å². The van der Waals surface area contributed by atoms with E-state index in [0.717, 1.165) is 36.5 Å². The number of aromatic nitrogens is 4. The number of carbonyl (C=O) groups excluding carboxylic acids is 1. The second-order valence-corrected chi connectivity index (χ2v) is 7.26. The fraction of sp³-hybridized carbons (Fsp3) is 0.400. The summed E-state index contributed by atoms with van der Waals surface area (Å²) in [6, 6.07) is 9.78. The summed E-state index contributed by atoms with van der Waals surface area (Å²) in [5.74, 6) is 1.63. The first-order chi connectivity index (χ1) is 13.1. The van der Waals surface area contributed by atoms with E-state index in [2.05, 4.69) is 20.3 Å². The predicted molar refractivity (Wildman–Crippen MR) is 100 cm³/mol. The second-order valence-electron chi connectivity index (χ2n) is 7.26. The Kier molecular flexibility index (Phi) is 4.75. The molecule has 0 radical (unpaired) electrons. The minimum absolute atomic E-state index is 0.0177. The molecule has 140 valence electrons. The molecule has 1 atom stereocenters. The van der Waals surface area contributed by atoms with E-state index in [4.69, 9.17) is 4.52 Å². The lowest BCUT2D eigenvalue weighted by molar-refractivity contribution is 0.0696. The number of rotatable bonds is 4. The molecule has 7 nitrogen and oxygen atoms in total. The number of nitrogens with one attached hydrogen (secondary N) is 1. The van der Waals surface area contributed by atoms with Crippen LogP contribution in [0.3, 0.4) is 0 Å². The van der Waals surface area contributed by atoms with Crippen molar-refractivity contribution in [2.45, 2.75) is 38.5 Å². The third-order valence-electron chi connectivity index (χ3n) is 4.96. The standard InChI is InChI=1S/C20H23N5O2/c1-13(2)18-22-19(27-24-18)15-9-6-10-25(12-15)20(26)16-11-21-23-17(16)14-7-4-3-5-8-14/h3-5,7-8,11,13,15H,6,9-10,12H2,1-2H3,(H,21,23)/t15-/m1/s1. The number of piperidine rings is 1. The Morgan fingerprint density at radius 1 is 1.30 bits per heavy atom. The Bertz CT molecular complexity index is 915. The Hall–Kier alpha value is -2.96. The van der Waals surface area contributed by atoms with Gasteiger partial charge in [0.2, 0.25) is 5.89 Å². The number of benzene rings is 1. The highest BCUT2D eigenvalue weighted by atomic mass is 16.5. The highest BCUT2D eigenvalue weighted by Gasteiger charge is 2.30. The number of likely N-dealkylation sites (tertiary alicyclic amines) is 1.